The summed E-state index contributed by atoms with van der Waals surface area (Å²) in [6.07, 6.45) is 0.628. The van der Waals surface area contributed by atoms with Crippen LogP contribution in [-0.4, -0.2) is 31.7 Å². The molecular formula is C19H24N2O3S. The maximum atomic E-state index is 12.8. The highest BCUT2D eigenvalue weighted by Gasteiger charge is 2.26. The molecule has 134 valence electrons. The molecule has 0 saturated heterocycles. The molecule has 0 atom stereocenters. The second-order valence-electron chi connectivity index (χ2n) is 6.01. The smallest absolute Gasteiger partial charge is 0.243 e. The lowest BCUT2D eigenvalue weighted by Gasteiger charge is -2.21. The number of sulfonamides is 1. The average molecular weight is 360 g/mol. The highest BCUT2D eigenvalue weighted by Crippen LogP contribution is 2.18. The Hall–Kier alpha value is -2.18. The summed E-state index contributed by atoms with van der Waals surface area (Å²) in [5.74, 6) is -0.349. The van der Waals surface area contributed by atoms with Gasteiger partial charge in [-0.05, 0) is 44.0 Å². The van der Waals surface area contributed by atoms with Gasteiger partial charge in [0.1, 0.15) is 0 Å². The van der Waals surface area contributed by atoms with Crippen LogP contribution in [0, 0.1) is 13.8 Å². The Labute approximate surface area is 149 Å². The minimum atomic E-state index is -3.70. The van der Waals surface area contributed by atoms with Crippen LogP contribution in [0.3, 0.4) is 0 Å². The van der Waals surface area contributed by atoms with Crippen molar-refractivity contribution in [3.63, 3.8) is 0 Å². The summed E-state index contributed by atoms with van der Waals surface area (Å²) in [6, 6.07) is 14.1. The lowest BCUT2D eigenvalue weighted by atomic mass is 10.2. The predicted octanol–water partition coefficient (Wildman–Crippen LogP) is 3.34. The maximum Gasteiger partial charge on any atom is 0.243 e. The Balaban J connectivity index is 2.18. The number of aryl methyl sites for hydroxylation is 2. The van der Waals surface area contributed by atoms with Gasteiger partial charge >= 0.3 is 0 Å². The minimum Gasteiger partial charge on any atom is -0.325 e. The summed E-state index contributed by atoms with van der Waals surface area (Å²) in [5, 5.41) is 2.79. The molecule has 2 rings (SSSR count). The fraction of sp³-hybridized carbons (Fsp3) is 0.316. The molecule has 0 unspecified atom stereocenters. The third-order valence-corrected chi connectivity index (χ3v) is 5.73. The van der Waals surface area contributed by atoms with Gasteiger partial charge in [0.25, 0.3) is 0 Å². The van der Waals surface area contributed by atoms with E-state index in [-0.39, 0.29) is 23.9 Å². The van der Waals surface area contributed by atoms with Gasteiger partial charge in [-0.1, -0.05) is 42.8 Å². The molecule has 2 aromatic carbocycles. The zero-order valence-electron chi connectivity index (χ0n) is 14.8. The molecule has 25 heavy (non-hydrogen) atoms. The summed E-state index contributed by atoms with van der Waals surface area (Å²) < 4.78 is 26.9. The van der Waals surface area contributed by atoms with Gasteiger partial charge in [-0.25, -0.2) is 8.42 Å². The van der Waals surface area contributed by atoms with E-state index in [4.69, 9.17) is 0 Å². The molecule has 0 fully saturated rings. The number of para-hydroxylation sites is 1. The third-order valence-electron chi connectivity index (χ3n) is 3.87. The van der Waals surface area contributed by atoms with Crippen LogP contribution in [0.1, 0.15) is 24.5 Å². The molecule has 0 heterocycles. The van der Waals surface area contributed by atoms with E-state index in [1.165, 1.54) is 4.31 Å². The molecule has 0 aliphatic carbocycles. The highest BCUT2D eigenvalue weighted by atomic mass is 32.2. The Morgan fingerprint density at radius 1 is 1.04 bits per heavy atom. The molecule has 0 aliphatic rings. The monoisotopic (exact) mass is 360 g/mol. The van der Waals surface area contributed by atoms with Gasteiger partial charge in [0.2, 0.25) is 15.9 Å². The molecule has 0 saturated carbocycles. The van der Waals surface area contributed by atoms with E-state index in [0.29, 0.717) is 12.1 Å². The van der Waals surface area contributed by atoms with Gasteiger partial charge in [-0.3, -0.25) is 4.79 Å². The number of carbonyl (C=O) groups excluding carboxylic acids is 1. The highest BCUT2D eigenvalue weighted by molar-refractivity contribution is 7.89. The van der Waals surface area contributed by atoms with Crippen LogP contribution in [0.5, 0.6) is 0 Å². The van der Waals surface area contributed by atoms with Gasteiger partial charge in [0.05, 0.1) is 11.4 Å². The molecule has 6 heteroatoms. The normalized spacial score (nSPS) is 11.5. The first-order chi connectivity index (χ1) is 11.8. The zero-order valence-corrected chi connectivity index (χ0v) is 15.6. The van der Waals surface area contributed by atoms with Crippen molar-refractivity contribution in [2.24, 2.45) is 0 Å². The number of hydrogen-bond acceptors (Lipinski definition) is 3. The van der Waals surface area contributed by atoms with Crippen molar-refractivity contribution < 1.29 is 13.2 Å². The van der Waals surface area contributed by atoms with Crippen LogP contribution < -0.4 is 5.32 Å². The summed E-state index contributed by atoms with van der Waals surface area (Å²) in [4.78, 5) is 12.6. The largest absolute Gasteiger partial charge is 0.325 e. The molecule has 0 aliphatic heterocycles. The van der Waals surface area contributed by atoms with Gasteiger partial charge in [-0.2, -0.15) is 4.31 Å². The SMILES string of the molecule is CCCN(CC(=O)Nc1ccccc1C)S(=O)(=O)c1ccc(C)cc1. The number of amides is 1. The van der Waals surface area contributed by atoms with Gasteiger partial charge in [0.15, 0.2) is 0 Å². The number of hydrogen-bond donors (Lipinski definition) is 1. The number of rotatable bonds is 7. The molecule has 0 radical (unpaired) electrons. The molecule has 5 nitrogen and oxygen atoms in total. The predicted molar refractivity (Wildman–Crippen MR) is 100 cm³/mol. The lowest BCUT2D eigenvalue weighted by molar-refractivity contribution is -0.116. The van der Waals surface area contributed by atoms with Crippen molar-refractivity contribution in [3.05, 3.63) is 59.7 Å². The summed E-state index contributed by atoms with van der Waals surface area (Å²) in [5.41, 5.74) is 2.61. The van der Waals surface area contributed by atoms with Crippen molar-refractivity contribution in [2.75, 3.05) is 18.4 Å². The van der Waals surface area contributed by atoms with Crippen LogP contribution in [0.2, 0.25) is 0 Å². The van der Waals surface area contributed by atoms with Crippen LogP contribution in [0.25, 0.3) is 0 Å². The van der Waals surface area contributed by atoms with E-state index >= 15 is 0 Å². The van der Waals surface area contributed by atoms with Gasteiger partial charge < -0.3 is 5.32 Å². The first-order valence-corrected chi connectivity index (χ1v) is 9.71. The lowest BCUT2D eigenvalue weighted by Crippen LogP contribution is -2.38. The summed E-state index contributed by atoms with van der Waals surface area (Å²) in [6.45, 7) is 5.75. The first kappa shape index (κ1) is 19.1. The number of carbonyl (C=O) groups is 1. The standard InChI is InChI=1S/C19H24N2O3S/c1-4-13-21(25(23,24)17-11-9-15(2)10-12-17)14-19(22)20-18-8-6-5-7-16(18)3/h5-12H,4,13-14H2,1-3H3,(H,20,22). The van der Waals surface area contributed by atoms with E-state index in [2.05, 4.69) is 5.32 Å². The molecule has 1 N–H and O–H groups in total. The fourth-order valence-electron chi connectivity index (χ4n) is 2.46. The van der Waals surface area contributed by atoms with Crippen LogP contribution in [0.4, 0.5) is 5.69 Å². The van der Waals surface area contributed by atoms with E-state index < -0.39 is 10.0 Å². The van der Waals surface area contributed by atoms with E-state index in [1.54, 1.807) is 30.3 Å². The number of nitrogens with one attached hydrogen (secondary N) is 1. The Bertz CT molecular complexity index is 830. The van der Waals surface area contributed by atoms with Crippen LogP contribution in [-0.2, 0) is 14.8 Å². The Morgan fingerprint density at radius 3 is 2.28 bits per heavy atom. The van der Waals surface area contributed by atoms with E-state index in [1.807, 2.05) is 39.0 Å². The minimum absolute atomic E-state index is 0.204. The van der Waals surface area contributed by atoms with Crippen molar-refractivity contribution in [1.29, 1.82) is 0 Å². The topological polar surface area (TPSA) is 66.5 Å². The van der Waals surface area contributed by atoms with Crippen molar-refractivity contribution >= 4 is 21.6 Å². The Morgan fingerprint density at radius 2 is 1.68 bits per heavy atom. The maximum absolute atomic E-state index is 12.8. The average Bonchev–Trinajstić information content (AvgIpc) is 2.57. The van der Waals surface area contributed by atoms with E-state index in [9.17, 15) is 13.2 Å². The first-order valence-electron chi connectivity index (χ1n) is 8.27. The second kappa shape index (κ2) is 8.27. The van der Waals surface area contributed by atoms with Crippen LogP contribution >= 0.6 is 0 Å². The summed E-state index contributed by atoms with van der Waals surface area (Å²) in [7, 11) is -3.70. The third kappa shape index (κ3) is 4.90. The van der Waals surface area contributed by atoms with Gasteiger partial charge in [0, 0.05) is 12.2 Å². The number of nitrogens with zero attached hydrogens (tertiary/aromatic N) is 1. The van der Waals surface area contributed by atoms with Crippen LogP contribution in [0.15, 0.2) is 53.4 Å². The molecule has 0 bridgehead atoms. The quantitative estimate of drug-likeness (QED) is 0.823. The number of anilines is 1. The zero-order chi connectivity index (χ0) is 18.4. The van der Waals surface area contributed by atoms with Crippen molar-refractivity contribution in [1.82, 2.24) is 4.31 Å². The molecule has 0 aromatic heterocycles. The van der Waals surface area contributed by atoms with Crippen molar-refractivity contribution in [2.45, 2.75) is 32.1 Å². The molecular weight excluding hydrogens is 336 g/mol. The van der Waals surface area contributed by atoms with Crippen molar-refractivity contribution in [3.8, 4) is 0 Å². The summed E-state index contributed by atoms with van der Waals surface area (Å²) >= 11 is 0. The molecule has 0 spiro atoms. The molecule has 1 amide bonds. The van der Waals surface area contributed by atoms with E-state index in [0.717, 1.165) is 11.1 Å². The molecule has 2 aromatic rings. The second-order valence-corrected chi connectivity index (χ2v) is 7.95. The number of benzene rings is 2. The Kier molecular flexibility index (Phi) is 6.33. The fourth-order valence-corrected chi connectivity index (χ4v) is 3.94. The van der Waals surface area contributed by atoms with Gasteiger partial charge in [-0.15, -0.1) is 0 Å².